The highest BCUT2D eigenvalue weighted by molar-refractivity contribution is 6.21. The molecule has 9 aromatic carbocycles. The number of hydrogen-bond donors (Lipinski definition) is 0. The molecule has 58 heavy (non-hydrogen) atoms. The molecule has 0 radical (unpaired) electrons. The van der Waals surface area contributed by atoms with Crippen molar-refractivity contribution in [3.8, 4) is 27.9 Å². The predicted molar refractivity (Wildman–Crippen MR) is 241 cm³/mol. The van der Waals surface area contributed by atoms with Gasteiger partial charge >= 0.3 is 0 Å². The SMILES string of the molecule is c1ccc(-c2ccc(N(c3ccc(-c4ccc(-n5c6ccccc6c6ccc7c8ccccc8oc7c65)cc4)cc3)c3cccc4c3oc3ccccc34)cc2)cc1. The topological polar surface area (TPSA) is 34.5 Å². The maximum Gasteiger partial charge on any atom is 0.160 e. The van der Waals surface area contributed by atoms with Gasteiger partial charge in [0.15, 0.2) is 11.2 Å². The zero-order valence-electron chi connectivity index (χ0n) is 31.3. The van der Waals surface area contributed by atoms with Crippen LogP contribution in [0.25, 0.3) is 93.6 Å². The maximum atomic E-state index is 6.58. The van der Waals surface area contributed by atoms with Crippen LogP contribution in [0.5, 0.6) is 0 Å². The molecule has 0 amide bonds. The Balaban J connectivity index is 0.950. The van der Waals surface area contributed by atoms with Gasteiger partial charge in [0.05, 0.1) is 16.7 Å². The van der Waals surface area contributed by atoms with E-state index in [1.165, 1.54) is 21.9 Å². The molecule has 0 saturated carbocycles. The Hall–Kier alpha value is -7.82. The lowest BCUT2D eigenvalue weighted by molar-refractivity contribution is 0.669. The zero-order chi connectivity index (χ0) is 38.2. The lowest BCUT2D eigenvalue weighted by Gasteiger charge is -2.26. The maximum absolute atomic E-state index is 6.58. The molecular formula is C54H34N2O2. The van der Waals surface area contributed by atoms with Gasteiger partial charge in [-0.05, 0) is 89.0 Å². The molecule has 0 spiro atoms. The zero-order valence-corrected chi connectivity index (χ0v) is 31.3. The summed E-state index contributed by atoms with van der Waals surface area (Å²) in [5.74, 6) is 0. The van der Waals surface area contributed by atoms with Crippen LogP contribution in [0, 0.1) is 0 Å². The Bertz CT molecular complexity index is 3480. The second-order valence-corrected chi connectivity index (χ2v) is 14.9. The Kier molecular flexibility index (Phi) is 7.20. The van der Waals surface area contributed by atoms with Crippen molar-refractivity contribution in [2.75, 3.05) is 4.90 Å². The van der Waals surface area contributed by atoms with Gasteiger partial charge in [0, 0.05) is 49.4 Å². The number of aromatic nitrogens is 1. The molecule has 0 saturated heterocycles. The van der Waals surface area contributed by atoms with Crippen molar-refractivity contribution in [3.63, 3.8) is 0 Å². The number of nitrogens with zero attached hydrogens (tertiary/aromatic N) is 2. The third-order valence-corrected chi connectivity index (χ3v) is 11.6. The van der Waals surface area contributed by atoms with Crippen molar-refractivity contribution in [3.05, 3.63) is 206 Å². The fourth-order valence-electron chi connectivity index (χ4n) is 8.87. The van der Waals surface area contributed by atoms with Gasteiger partial charge in [-0.2, -0.15) is 0 Å². The Morgan fingerprint density at radius 1 is 0.328 bits per heavy atom. The molecule has 4 nitrogen and oxygen atoms in total. The molecule has 0 fully saturated rings. The van der Waals surface area contributed by atoms with Gasteiger partial charge in [0.1, 0.15) is 11.2 Å². The van der Waals surface area contributed by atoms with E-state index < -0.39 is 0 Å². The third kappa shape index (κ3) is 5.02. The van der Waals surface area contributed by atoms with Gasteiger partial charge < -0.3 is 18.3 Å². The summed E-state index contributed by atoms with van der Waals surface area (Å²) in [5.41, 5.74) is 14.6. The van der Waals surface area contributed by atoms with Crippen molar-refractivity contribution in [2.24, 2.45) is 0 Å². The van der Waals surface area contributed by atoms with Crippen molar-refractivity contribution in [1.82, 2.24) is 4.57 Å². The van der Waals surface area contributed by atoms with Crippen LogP contribution in [0.1, 0.15) is 0 Å². The van der Waals surface area contributed by atoms with Crippen LogP contribution >= 0.6 is 0 Å². The van der Waals surface area contributed by atoms with Crippen molar-refractivity contribution >= 4 is 82.7 Å². The van der Waals surface area contributed by atoms with Crippen LogP contribution in [0.15, 0.2) is 215 Å². The average molecular weight is 743 g/mol. The summed E-state index contributed by atoms with van der Waals surface area (Å²) in [4.78, 5) is 2.30. The molecule has 272 valence electrons. The summed E-state index contributed by atoms with van der Waals surface area (Å²) in [5, 5.41) is 6.85. The van der Waals surface area contributed by atoms with Crippen molar-refractivity contribution < 1.29 is 8.83 Å². The third-order valence-electron chi connectivity index (χ3n) is 11.6. The molecule has 0 N–H and O–H groups in total. The van der Waals surface area contributed by atoms with Gasteiger partial charge in [0.25, 0.3) is 0 Å². The summed E-state index contributed by atoms with van der Waals surface area (Å²) in [6, 6.07) is 73.1. The summed E-state index contributed by atoms with van der Waals surface area (Å²) in [6.45, 7) is 0. The highest BCUT2D eigenvalue weighted by atomic mass is 16.3. The van der Waals surface area contributed by atoms with E-state index in [1.54, 1.807) is 0 Å². The fraction of sp³-hybridized carbons (Fsp3) is 0. The molecular weight excluding hydrogens is 709 g/mol. The first-order chi connectivity index (χ1) is 28.8. The van der Waals surface area contributed by atoms with E-state index in [0.717, 1.165) is 88.8 Å². The molecule has 12 rings (SSSR count). The number of para-hydroxylation sites is 4. The number of furan rings is 2. The first-order valence-electron chi connectivity index (χ1n) is 19.7. The van der Waals surface area contributed by atoms with E-state index in [-0.39, 0.29) is 0 Å². The number of benzene rings is 9. The van der Waals surface area contributed by atoms with Gasteiger partial charge in [-0.3, -0.25) is 0 Å². The van der Waals surface area contributed by atoms with Crippen LogP contribution in [-0.2, 0) is 0 Å². The molecule has 12 aromatic rings. The van der Waals surface area contributed by atoms with E-state index in [2.05, 4.69) is 191 Å². The lowest BCUT2D eigenvalue weighted by Crippen LogP contribution is -2.10. The lowest BCUT2D eigenvalue weighted by atomic mass is 10.0. The first kappa shape index (κ1) is 32.4. The van der Waals surface area contributed by atoms with Gasteiger partial charge in [-0.15, -0.1) is 0 Å². The van der Waals surface area contributed by atoms with E-state index in [0.29, 0.717) is 0 Å². The summed E-state index contributed by atoms with van der Waals surface area (Å²) < 4.78 is 15.5. The second kappa shape index (κ2) is 12.9. The quantitative estimate of drug-likeness (QED) is 0.170. The van der Waals surface area contributed by atoms with Crippen LogP contribution in [0.2, 0.25) is 0 Å². The Morgan fingerprint density at radius 2 is 0.810 bits per heavy atom. The van der Waals surface area contributed by atoms with Crippen LogP contribution < -0.4 is 4.90 Å². The van der Waals surface area contributed by atoms with E-state index in [9.17, 15) is 0 Å². The second-order valence-electron chi connectivity index (χ2n) is 14.9. The van der Waals surface area contributed by atoms with Crippen molar-refractivity contribution in [2.45, 2.75) is 0 Å². The number of anilines is 3. The van der Waals surface area contributed by atoms with E-state index in [1.807, 2.05) is 24.3 Å². The molecule has 0 aliphatic heterocycles. The predicted octanol–water partition coefficient (Wildman–Crippen LogP) is 15.4. The van der Waals surface area contributed by atoms with E-state index >= 15 is 0 Å². The highest BCUT2D eigenvalue weighted by Crippen LogP contribution is 2.44. The highest BCUT2D eigenvalue weighted by Gasteiger charge is 2.21. The molecule has 3 heterocycles. The monoisotopic (exact) mass is 742 g/mol. The molecule has 0 aliphatic carbocycles. The number of fused-ring (bicyclic) bond motifs is 10. The summed E-state index contributed by atoms with van der Waals surface area (Å²) in [6.07, 6.45) is 0. The minimum atomic E-state index is 0.862. The first-order valence-corrected chi connectivity index (χ1v) is 19.7. The standard InChI is InChI=1S/C54H34N2O2/c1-2-11-35(12-3-1)36-21-27-39(28-22-36)55(49-18-10-16-46-43-14-5-8-19-50(43)57-53(46)49)40-29-23-37(24-30-40)38-25-31-41(32-26-38)56-48-17-7-4-13-42(48)45-33-34-47-44-15-6-9-20-51(44)58-54(47)52(45)56/h1-34H. The van der Waals surface area contributed by atoms with Crippen LogP contribution in [-0.4, -0.2) is 4.57 Å². The Labute approximate surface area is 334 Å². The molecule has 4 heteroatoms. The largest absolute Gasteiger partial charge is 0.454 e. The van der Waals surface area contributed by atoms with Gasteiger partial charge in [-0.1, -0.05) is 140 Å². The minimum absolute atomic E-state index is 0.862. The van der Waals surface area contributed by atoms with E-state index in [4.69, 9.17) is 8.83 Å². The fourth-order valence-corrected chi connectivity index (χ4v) is 8.87. The molecule has 3 aromatic heterocycles. The number of rotatable bonds is 6. The van der Waals surface area contributed by atoms with Gasteiger partial charge in [-0.25, -0.2) is 0 Å². The molecule has 0 aliphatic rings. The number of hydrogen-bond acceptors (Lipinski definition) is 3. The van der Waals surface area contributed by atoms with Crippen molar-refractivity contribution in [1.29, 1.82) is 0 Å². The smallest absolute Gasteiger partial charge is 0.160 e. The average Bonchev–Trinajstić information content (AvgIpc) is 3.98. The summed E-state index contributed by atoms with van der Waals surface area (Å²) >= 11 is 0. The minimum Gasteiger partial charge on any atom is -0.454 e. The summed E-state index contributed by atoms with van der Waals surface area (Å²) in [7, 11) is 0. The van der Waals surface area contributed by atoms with Crippen LogP contribution in [0.3, 0.4) is 0 Å². The normalized spacial score (nSPS) is 11.8. The molecule has 0 bridgehead atoms. The molecule has 0 unspecified atom stereocenters. The van der Waals surface area contributed by atoms with Crippen LogP contribution in [0.4, 0.5) is 17.1 Å². The van der Waals surface area contributed by atoms with Gasteiger partial charge in [0.2, 0.25) is 0 Å². The molecule has 0 atom stereocenters. The Morgan fingerprint density at radius 3 is 1.47 bits per heavy atom.